The molecular formula is C31H37Cl2N3O5S. The Morgan fingerprint density at radius 1 is 1.10 bits per heavy atom. The predicted molar refractivity (Wildman–Crippen MR) is 167 cm³/mol. The topological polar surface area (TPSA) is 99.2 Å². The number of aryl methyl sites for hydroxylation is 1. The first-order valence-electron chi connectivity index (χ1n) is 13.8. The maximum Gasteiger partial charge on any atom is 0.261 e. The number of ether oxygens (including phenoxy) is 1. The molecule has 226 valence electrons. The summed E-state index contributed by atoms with van der Waals surface area (Å²) in [5.74, 6) is 0.265. The van der Waals surface area contributed by atoms with Crippen LogP contribution < -0.4 is 9.46 Å². The molecule has 0 unspecified atom stereocenters. The third-order valence-corrected chi connectivity index (χ3v) is 9.56. The molecule has 0 aromatic heterocycles. The number of carbonyl (C=O) groups excluding carboxylic acids is 1. The van der Waals surface area contributed by atoms with Crippen molar-refractivity contribution in [3.05, 3.63) is 87.4 Å². The number of aliphatic hydroxyl groups is 1. The highest BCUT2D eigenvalue weighted by Gasteiger charge is 2.31. The predicted octanol–water partition coefficient (Wildman–Crippen LogP) is 5.38. The summed E-state index contributed by atoms with van der Waals surface area (Å²) in [5, 5.41) is 10.9. The smallest absolute Gasteiger partial charge is 0.261 e. The number of likely N-dealkylation sites (N-methyl/N-ethyl adjacent to an activating group) is 1. The molecule has 0 fully saturated rings. The van der Waals surface area contributed by atoms with Crippen molar-refractivity contribution >= 4 is 44.8 Å². The fraction of sp³-hybridized carbons (Fsp3) is 0.387. The third kappa shape index (κ3) is 7.96. The van der Waals surface area contributed by atoms with Gasteiger partial charge in [-0.3, -0.25) is 14.4 Å². The molecule has 1 heterocycles. The van der Waals surface area contributed by atoms with Crippen LogP contribution in [-0.4, -0.2) is 68.1 Å². The minimum atomic E-state index is -3.84. The van der Waals surface area contributed by atoms with Crippen LogP contribution in [0.5, 0.6) is 5.75 Å². The van der Waals surface area contributed by atoms with E-state index in [1.807, 2.05) is 40.0 Å². The fourth-order valence-electron chi connectivity index (χ4n) is 4.96. The van der Waals surface area contributed by atoms with Gasteiger partial charge in [-0.2, -0.15) is 0 Å². The molecule has 1 aliphatic heterocycles. The molecule has 3 atom stereocenters. The van der Waals surface area contributed by atoms with E-state index in [0.717, 1.165) is 11.1 Å². The lowest BCUT2D eigenvalue weighted by atomic mass is 10.0. The van der Waals surface area contributed by atoms with Crippen LogP contribution in [0, 0.1) is 12.8 Å². The first-order valence-corrected chi connectivity index (χ1v) is 16.0. The van der Waals surface area contributed by atoms with E-state index in [-0.39, 0.29) is 41.9 Å². The highest BCUT2D eigenvalue weighted by atomic mass is 35.5. The highest BCUT2D eigenvalue weighted by molar-refractivity contribution is 7.92. The summed E-state index contributed by atoms with van der Waals surface area (Å²) in [4.78, 5) is 17.4. The van der Waals surface area contributed by atoms with Gasteiger partial charge in [0.15, 0.2) is 0 Å². The van der Waals surface area contributed by atoms with E-state index >= 15 is 0 Å². The standard InChI is InChI=1S/C31H37Cl2N3O5S/c1-20-5-9-26(10-6-20)42(39,40)34-25-8-12-29-24(14-25)15-31(38)36(22(3)19-37)16-21(2)30(41-29)18-35(4)17-23-7-11-27(32)28(33)13-23/h5-14,21-22,30,34,37H,15-19H2,1-4H3/t21-,22-,30+/m1/s1. The lowest BCUT2D eigenvalue weighted by Gasteiger charge is -2.34. The minimum absolute atomic E-state index is 0.00166. The third-order valence-electron chi connectivity index (χ3n) is 7.43. The van der Waals surface area contributed by atoms with Crippen molar-refractivity contribution in [1.29, 1.82) is 0 Å². The number of amides is 1. The van der Waals surface area contributed by atoms with Crippen LogP contribution in [0.1, 0.15) is 30.5 Å². The largest absolute Gasteiger partial charge is 0.488 e. The number of fused-ring (bicyclic) bond motifs is 1. The summed E-state index contributed by atoms with van der Waals surface area (Å²) in [7, 11) is -1.86. The van der Waals surface area contributed by atoms with E-state index in [9.17, 15) is 18.3 Å². The van der Waals surface area contributed by atoms with Crippen molar-refractivity contribution in [2.45, 2.75) is 50.8 Å². The molecule has 0 aliphatic carbocycles. The van der Waals surface area contributed by atoms with Gasteiger partial charge in [-0.25, -0.2) is 8.42 Å². The Kier molecular flexibility index (Phi) is 10.4. The quantitative estimate of drug-likeness (QED) is 0.328. The monoisotopic (exact) mass is 633 g/mol. The normalized spacial score (nSPS) is 18.5. The Balaban J connectivity index is 1.62. The van der Waals surface area contributed by atoms with Crippen LogP contribution in [0.3, 0.4) is 0 Å². The number of hydrogen-bond acceptors (Lipinski definition) is 6. The molecule has 11 heteroatoms. The Hall–Kier alpha value is -2.82. The number of rotatable bonds is 9. The van der Waals surface area contributed by atoms with Crippen LogP contribution >= 0.6 is 23.2 Å². The van der Waals surface area contributed by atoms with Crippen LogP contribution in [-0.2, 0) is 27.8 Å². The van der Waals surface area contributed by atoms with Gasteiger partial charge in [0, 0.05) is 36.8 Å². The van der Waals surface area contributed by atoms with E-state index in [4.69, 9.17) is 27.9 Å². The van der Waals surface area contributed by atoms with E-state index in [1.54, 1.807) is 53.4 Å². The molecule has 1 amide bonds. The van der Waals surface area contributed by atoms with E-state index in [0.29, 0.717) is 46.7 Å². The van der Waals surface area contributed by atoms with Gasteiger partial charge in [0.05, 0.1) is 34.0 Å². The average molecular weight is 635 g/mol. The zero-order chi connectivity index (χ0) is 30.6. The first-order chi connectivity index (χ1) is 19.9. The second-order valence-corrected chi connectivity index (χ2v) is 13.6. The summed E-state index contributed by atoms with van der Waals surface area (Å²) >= 11 is 12.3. The molecule has 1 aliphatic rings. The molecule has 3 aromatic carbocycles. The lowest BCUT2D eigenvalue weighted by Crippen LogP contribution is -2.47. The maximum atomic E-state index is 13.5. The molecule has 3 aromatic rings. The number of halogens is 2. The van der Waals surface area contributed by atoms with Crippen molar-refractivity contribution in [1.82, 2.24) is 9.80 Å². The van der Waals surface area contributed by atoms with Crippen molar-refractivity contribution in [2.75, 3.05) is 31.5 Å². The van der Waals surface area contributed by atoms with Gasteiger partial charge in [-0.05, 0) is 68.9 Å². The molecule has 0 spiro atoms. The van der Waals surface area contributed by atoms with Crippen molar-refractivity contribution in [2.24, 2.45) is 5.92 Å². The van der Waals surface area contributed by atoms with Crippen molar-refractivity contribution < 1.29 is 23.1 Å². The van der Waals surface area contributed by atoms with Crippen LogP contribution in [0.15, 0.2) is 65.6 Å². The molecule has 0 bridgehead atoms. The molecule has 4 rings (SSSR count). The molecule has 8 nitrogen and oxygen atoms in total. The number of aliphatic hydroxyl groups excluding tert-OH is 1. The summed E-state index contributed by atoms with van der Waals surface area (Å²) in [6.45, 7) is 7.08. The van der Waals surface area contributed by atoms with Gasteiger partial charge in [-0.15, -0.1) is 0 Å². The molecular weight excluding hydrogens is 597 g/mol. The zero-order valence-electron chi connectivity index (χ0n) is 24.2. The zero-order valence-corrected chi connectivity index (χ0v) is 26.5. The van der Waals surface area contributed by atoms with Gasteiger partial charge >= 0.3 is 0 Å². The molecule has 0 radical (unpaired) electrons. The van der Waals surface area contributed by atoms with Gasteiger partial charge in [0.2, 0.25) is 5.91 Å². The Morgan fingerprint density at radius 2 is 1.81 bits per heavy atom. The average Bonchev–Trinajstić information content (AvgIpc) is 2.98. The number of hydrogen-bond donors (Lipinski definition) is 2. The number of nitrogens with zero attached hydrogens (tertiary/aromatic N) is 2. The lowest BCUT2D eigenvalue weighted by molar-refractivity contribution is -0.134. The minimum Gasteiger partial charge on any atom is -0.488 e. The van der Waals surface area contributed by atoms with Gasteiger partial charge < -0.3 is 14.7 Å². The van der Waals surface area contributed by atoms with Crippen LogP contribution in [0.2, 0.25) is 10.0 Å². The van der Waals surface area contributed by atoms with Crippen LogP contribution in [0.25, 0.3) is 0 Å². The number of carbonyl (C=O) groups is 1. The second-order valence-electron chi connectivity index (χ2n) is 11.1. The number of anilines is 1. The fourth-order valence-corrected chi connectivity index (χ4v) is 6.33. The van der Waals surface area contributed by atoms with Gasteiger partial charge in [-0.1, -0.05) is 53.9 Å². The molecule has 0 saturated carbocycles. The Labute approximate surface area is 258 Å². The van der Waals surface area contributed by atoms with Crippen molar-refractivity contribution in [3.8, 4) is 5.75 Å². The summed E-state index contributed by atoms with van der Waals surface area (Å²) < 4.78 is 35.3. The molecule has 0 saturated heterocycles. The highest BCUT2D eigenvalue weighted by Crippen LogP contribution is 2.30. The SMILES string of the molecule is Cc1ccc(S(=O)(=O)Nc2ccc3c(c2)CC(=O)N([C@H](C)CO)C[C@@H](C)[C@H](CN(C)Cc2ccc(Cl)c(Cl)c2)O3)cc1. The maximum absolute atomic E-state index is 13.5. The Morgan fingerprint density at radius 3 is 2.48 bits per heavy atom. The van der Waals surface area contributed by atoms with E-state index in [1.165, 1.54) is 0 Å². The summed E-state index contributed by atoms with van der Waals surface area (Å²) in [5.41, 5.74) is 2.84. The van der Waals surface area contributed by atoms with Gasteiger partial charge in [0.1, 0.15) is 11.9 Å². The molecule has 42 heavy (non-hydrogen) atoms. The van der Waals surface area contributed by atoms with Crippen molar-refractivity contribution in [3.63, 3.8) is 0 Å². The van der Waals surface area contributed by atoms with E-state index in [2.05, 4.69) is 9.62 Å². The second kappa shape index (κ2) is 13.7. The number of nitrogens with one attached hydrogen (secondary N) is 1. The summed E-state index contributed by atoms with van der Waals surface area (Å²) in [6.07, 6.45) is -0.316. The summed E-state index contributed by atoms with van der Waals surface area (Å²) in [6, 6.07) is 16.7. The number of sulfonamides is 1. The van der Waals surface area contributed by atoms with Gasteiger partial charge in [0.25, 0.3) is 10.0 Å². The first kappa shape index (κ1) is 32.1. The molecule has 2 N–H and O–H groups in total. The van der Waals surface area contributed by atoms with E-state index < -0.39 is 10.0 Å². The Bertz CT molecular complexity index is 1520. The van der Waals surface area contributed by atoms with Crippen LogP contribution in [0.4, 0.5) is 5.69 Å². The number of benzene rings is 3.